The van der Waals surface area contributed by atoms with Gasteiger partial charge in [0.1, 0.15) is 11.6 Å². The maximum Gasteiger partial charge on any atom is 0.229 e. The molecule has 18 heavy (non-hydrogen) atoms. The maximum absolute atomic E-state index is 12.9. The van der Waals surface area contributed by atoms with Gasteiger partial charge in [0, 0.05) is 6.20 Å². The number of amides is 1. The number of hydrogen-bond acceptors (Lipinski definition) is 2. The lowest BCUT2D eigenvalue weighted by atomic mass is 10.1. The molecule has 0 saturated heterocycles. The van der Waals surface area contributed by atoms with Gasteiger partial charge in [0.25, 0.3) is 0 Å². The van der Waals surface area contributed by atoms with Crippen LogP contribution in [0.4, 0.5) is 10.2 Å². The molecule has 0 atom stereocenters. The van der Waals surface area contributed by atoms with Crippen molar-refractivity contribution in [2.75, 3.05) is 5.32 Å². The number of pyridine rings is 1. The predicted octanol–water partition coefficient (Wildman–Crippen LogP) is 3.06. The lowest BCUT2D eigenvalue weighted by Gasteiger charge is -2.04. The third kappa shape index (κ3) is 3.53. The Bertz CT molecular complexity index is 557. The molecular formula is C13H10ClFN2O. The van der Waals surface area contributed by atoms with E-state index in [1.807, 2.05) is 0 Å². The van der Waals surface area contributed by atoms with Crippen molar-refractivity contribution < 1.29 is 9.18 Å². The molecule has 2 aromatic rings. The Morgan fingerprint density at radius 3 is 2.83 bits per heavy atom. The lowest BCUT2D eigenvalue weighted by molar-refractivity contribution is -0.115. The Labute approximate surface area is 109 Å². The standard InChI is InChI=1S/C13H10ClFN2O/c14-10-4-5-12(16-8-10)17-13(18)7-9-2-1-3-11(15)6-9/h1-6,8H,7H2,(H,16,17,18). The first-order valence-corrected chi connectivity index (χ1v) is 5.67. The summed E-state index contributed by atoms with van der Waals surface area (Å²) in [5, 5.41) is 3.10. The maximum atomic E-state index is 12.9. The third-order valence-corrected chi connectivity index (χ3v) is 2.47. The molecule has 0 aliphatic heterocycles. The molecule has 0 radical (unpaired) electrons. The van der Waals surface area contributed by atoms with Gasteiger partial charge in [-0.1, -0.05) is 23.7 Å². The van der Waals surface area contributed by atoms with Gasteiger partial charge in [0.2, 0.25) is 5.91 Å². The van der Waals surface area contributed by atoms with Gasteiger partial charge in [-0.2, -0.15) is 0 Å². The molecule has 1 N–H and O–H groups in total. The first-order chi connectivity index (χ1) is 8.63. The summed E-state index contributed by atoms with van der Waals surface area (Å²) in [4.78, 5) is 15.6. The smallest absolute Gasteiger partial charge is 0.229 e. The zero-order valence-corrected chi connectivity index (χ0v) is 10.1. The number of benzene rings is 1. The fourth-order valence-electron chi connectivity index (χ4n) is 1.47. The van der Waals surface area contributed by atoms with Crippen LogP contribution in [0.1, 0.15) is 5.56 Å². The van der Waals surface area contributed by atoms with E-state index in [4.69, 9.17) is 11.6 Å². The average molecular weight is 265 g/mol. The van der Waals surface area contributed by atoms with Crippen molar-refractivity contribution in [2.24, 2.45) is 0 Å². The monoisotopic (exact) mass is 264 g/mol. The quantitative estimate of drug-likeness (QED) is 0.926. The van der Waals surface area contributed by atoms with Gasteiger partial charge >= 0.3 is 0 Å². The van der Waals surface area contributed by atoms with Gasteiger partial charge < -0.3 is 5.32 Å². The molecule has 2 rings (SSSR count). The van der Waals surface area contributed by atoms with Crippen LogP contribution in [0.5, 0.6) is 0 Å². The Balaban J connectivity index is 1.98. The molecule has 1 aromatic carbocycles. The van der Waals surface area contributed by atoms with Crippen LogP contribution in [0.3, 0.4) is 0 Å². The minimum atomic E-state index is -0.357. The number of carbonyl (C=O) groups is 1. The van der Waals surface area contributed by atoms with Crippen LogP contribution in [0.25, 0.3) is 0 Å². The SMILES string of the molecule is O=C(Cc1cccc(F)c1)Nc1ccc(Cl)cn1. The Morgan fingerprint density at radius 1 is 1.33 bits per heavy atom. The summed E-state index contributed by atoms with van der Waals surface area (Å²) in [6.07, 6.45) is 1.54. The molecule has 0 fully saturated rings. The van der Waals surface area contributed by atoms with Gasteiger partial charge in [-0.15, -0.1) is 0 Å². The number of aromatic nitrogens is 1. The Morgan fingerprint density at radius 2 is 2.17 bits per heavy atom. The molecule has 0 unspecified atom stereocenters. The van der Waals surface area contributed by atoms with Crippen LogP contribution in [0.2, 0.25) is 5.02 Å². The molecule has 0 bridgehead atoms. The minimum absolute atomic E-state index is 0.0993. The van der Waals surface area contributed by atoms with E-state index in [1.165, 1.54) is 18.3 Å². The summed E-state index contributed by atoms with van der Waals surface area (Å²) in [7, 11) is 0. The topological polar surface area (TPSA) is 42.0 Å². The van der Waals surface area contributed by atoms with E-state index < -0.39 is 0 Å². The molecule has 1 amide bonds. The summed E-state index contributed by atoms with van der Waals surface area (Å²) in [5.41, 5.74) is 0.612. The molecular weight excluding hydrogens is 255 g/mol. The van der Waals surface area contributed by atoms with E-state index in [0.717, 1.165) is 0 Å². The molecule has 1 heterocycles. The number of rotatable bonds is 3. The molecule has 5 heteroatoms. The lowest BCUT2D eigenvalue weighted by Crippen LogP contribution is -2.15. The van der Waals surface area contributed by atoms with Crippen molar-refractivity contribution in [3.05, 3.63) is 59.0 Å². The summed E-state index contributed by atoms with van der Waals surface area (Å²) in [6.45, 7) is 0. The van der Waals surface area contributed by atoms with Crippen molar-refractivity contribution in [3.8, 4) is 0 Å². The van der Waals surface area contributed by atoms with Gasteiger partial charge in [-0.05, 0) is 29.8 Å². The summed E-state index contributed by atoms with van der Waals surface area (Å²) < 4.78 is 12.9. The second-order valence-electron chi connectivity index (χ2n) is 3.72. The molecule has 0 saturated carbocycles. The highest BCUT2D eigenvalue weighted by Crippen LogP contribution is 2.10. The summed E-state index contributed by atoms with van der Waals surface area (Å²) >= 11 is 5.68. The van der Waals surface area contributed by atoms with Crippen molar-refractivity contribution >= 4 is 23.3 Å². The first kappa shape index (κ1) is 12.5. The molecule has 1 aromatic heterocycles. The van der Waals surface area contributed by atoms with Crippen LogP contribution in [0, 0.1) is 5.82 Å². The number of hydrogen-bond donors (Lipinski definition) is 1. The number of nitrogens with zero attached hydrogens (tertiary/aromatic N) is 1. The zero-order valence-electron chi connectivity index (χ0n) is 9.36. The second-order valence-corrected chi connectivity index (χ2v) is 4.15. The first-order valence-electron chi connectivity index (χ1n) is 5.29. The van der Waals surface area contributed by atoms with E-state index in [0.29, 0.717) is 16.4 Å². The van der Waals surface area contributed by atoms with Crippen LogP contribution < -0.4 is 5.32 Å². The van der Waals surface area contributed by atoms with Gasteiger partial charge in [-0.3, -0.25) is 4.79 Å². The van der Waals surface area contributed by atoms with Crippen molar-refractivity contribution in [1.29, 1.82) is 0 Å². The molecule has 3 nitrogen and oxygen atoms in total. The van der Waals surface area contributed by atoms with E-state index >= 15 is 0 Å². The highest BCUT2D eigenvalue weighted by Gasteiger charge is 2.05. The Kier molecular flexibility index (Phi) is 3.89. The molecule has 0 spiro atoms. The van der Waals surface area contributed by atoms with E-state index in [-0.39, 0.29) is 18.1 Å². The normalized spacial score (nSPS) is 10.1. The largest absolute Gasteiger partial charge is 0.310 e. The highest BCUT2D eigenvalue weighted by atomic mass is 35.5. The van der Waals surface area contributed by atoms with Gasteiger partial charge in [-0.25, -0.2) is 9.37 Å². The van der Waals surface area contributed by atoms with Crippen LogP contribution in [0.15, 0.2) is 42.6 Å². The fourth-order valence-corrected chi connectivity index (χ4v) is 1.58. The third-order valence-electron chi connectivity index (χ3n) is 2.25. The van der Waals surface area contributed by atoms with Crippen LogP contribution >= 0.6 is 11.6 Å². The van der Waals surface area contributed by atoms with E-state index in [2.05, 4.69) is 10.3 Å². The minimum Gasteiger partial charge on any atom is -0.310 e. The molecule has 0 aliphatic rings. The summed E-state index contributed by atoms with van der Waals surface area (Å²) in [6, 6.07) is 9.16. The van der Waals surface area contributed by atoms with Crippen molar-refractivity contribution in [3.63, 3.8) is 0 Å². The molecule has 0 aliphatic carbocycles. The fraction of sp³-hybridized carbons (Fsp3) is 0.0769. The van der Waals surface area contributed by atoms with Crippen LogP contribution in [-0.4, -0.2) is 10.9 Å². The van der Waals surface area contributed by atoms with E-state index in [1.54, 1.807) is 24.3 Å². The Hall–Kier alpha value is -1.94. The van der Waals surface area contributed by atoms with Gasteiger partial charge in [0.05, 0.1) is 11.4 Å². The number of carbonyl (C=O) groups excluding carboxylic acids is 1. The van der Waals surface area contributed by atoms with Crippen molar-refractivity contribution in [1.82, 2.24) is 4.98 Å². The number of halogens is 2. The van der Waals surface area contributed by atoms with E-state index in [9.17, 15) is 9.18 Å². The average Bonchev–Trinajstić information content (AvgIpc) is 2.32. The van der Waals surface area contributed by atoms with Crippen LogP contribution in [-0.2, 0) is 11.2 Å². The van der Waals surface area contributed by atoms with Gasteiger partial charge in [0.15, 0.2) is 0 Å². The summed E-state index contributed by atoms with van der Waals surface area (Å²) in [5.74, 6) is -0.193. The zero-order chi connectivity index (χ0) is 13.0. The highest BCUT2D eigenvalue weighted by molar-refractivity contribution is 6.30. The number of nitrogens with one attached hydrogen (secondary N) is 1. The second kappa shape index (κ2) is 5.60. The number of anilines is 1. The van der Waals surface area contributed by atoms with Crippen molar-refractivity contribution in [2.45, 2.75) is 6.42 Å². The predicted molar refractivity (Wildman–Crippen MR) is 68.0 cm³/mol. The molecule has 92 valence electrons.